The molecule has 0 N–H and O–H groups in total. The zero-order valence-corrected chi connectivity index (χ0v) is 10.2. The molecule has 0 amide bonds. The van der Waals surface area contributed by atoms with Crippen LogP contribution >= 0.6 is 0 Å². The lowest BCUT2D eigenvalue weighted by Gasteiger charge is -2.42. The fourth-order valence-electron chi connectivity index (χ4n) is 1.92. The highest BCUT2D eigenvalue weighted by molar-refractivity contribution is 5.18. The normalized spacial score (nSPS) is 22.9. The highest BCUT2D eigenvalue weighted by Gasteiger charge is 2.40. The van der Waals surface area contributed by atoms with E-state index in [1.165, 1.54) is 0 Å². The molecule has 3 nitrogen and oxygen atoms in total. The summed E-state index contributed by atoms with van der Waals surface area (Å²) >= 11 is 0. The molecule has 0 bridgehead atoms. The Hall–Kier alpha value is -0.930. The van der Waals surface area contributed by atoms with Gasteiger partial charge >= 0.3 is 0 Å². The molecule has 1 saturated heterocycles. The summed E-state index contributed by atoms with van der Waals surface area (Å²) in [7, 11) is 0. The molecule has 1 aliphatic heterocycles. The van der Waals surface area contributed by atoms with E-state index in [9.17, 15) is 0 Å². The quantitative estimate of drug-likeness (QED) is 0.769. The summed E-state index contributed by atoms with van der Waals surface area (Å²) in [5.74, 6) is -0.465. The van der Waals surface area contributed by atoms with Crippen LogP contribution in [0.4, 0.5) is 0 Å². The van der Waals surface area contributed by atoms with Crippen LogP contribution in [0.5, 0.6) is 0 Å². The number of hydrogen-bond acceptors (Lipinski definition) is 3. The van der Waals surface area contributed by atoms with Gasteiger partial charge in [0, 0.05) is 6.20 Å². The van der Waals surface area contributed by atoms with Gasteiger partial charge in [-0.05, 0) is 32.4 Å². The minimum absolute atomic E-state index is 0.0865. The molecule has 2 heterocycles. The minimum Gasteiger partial charge on any atom is -0.349 e. The van der Waals surface area contributed by atoms with Crippen molar-refractivity contribution in [1.82, 2.24) is 4.98 Å². The number of pyridine rings is 1. The third-order valence-electron chi connectivity index (χ3n) is 3.28. The molecule has 0 saturated carbocycles. The summed E-state index contributed by atoms with van der Waals surface area (Å²) in [4.78, 5) is 4.43. The highest BCUT2D eigenvalue weighted by Crippen LogP contribution is 2.34. The van der Waals surface area contributed by atoms with Gasteiger partial charge in [0.05, 0.1) is 24.3 Å². The highest BCUT2D eigenvalue weighted by atomic mass is 16.7. The van der Waals surface area contributed by atoms with Crippen molar-refractivity contribution >= 4 is 0 Å². The summed E-state index contributed by atoms with van der Waals surface area (Å²) in [5.41, 5.74) is 0.976. The molecule has 16 heavy (non-hydrogen) atoms. The fourth-order valence-corrected chi connectivity index (χ4v) is 1.92. The molecule has 1 fully saturated rings. The number of rotatable bonds is 2. The van der Waals surface area contributed by atoms with Gasteiger partial charge < -0.3 is 9.47 Å². The van der Waals surface area contributed by atoms with E-state index in [0.717, 1.165) is 12.1 Å². The van der Waals surface area contributed by atoms with Crippen LogP contribution in [0, 0.1) is 0 Å². The Morgan fingerprint density at radius 1 is 1.25 bits per heavy atom. The Bertz CT molecular complexity index is 338. The maximum absolute atomic E-state index is 5.76. The van der Waals surface area contributed by atoms with E-state index in [2.05, 4.69) is 18.0 Å². The van der Waals surface area contributed by atoms with Gasteiger partial charge in [-0.1, -0.05) is 13.0 Å². The van der Waals surface area contributed by atoms with Crippen molar-refractivity contribution in [3.05, 3.63) is 30.1 Å². The molecule has 88 valence electrons. The lowest BCUT2D eigenvalue weighted by molar-refractivity contribution is -0.270. The number of aromatic nitrogens is 1. The van der Waals surface area contributed by atoms with Gasteiger partial charge in [0.25, 0.3) is 0 Å². The average Bonchev–Trinajstić information content (AvgIpc) is 2.31. The molecule has 3 heteroatoms. The standard InChI is InChI=1S/C13H19NO2/c1-4-13(11-7-5-6-8-14-11)9-15-12(2,3)16-10-13/h5-8H,4,9-10H2,1-3H3. The zero-order chi connectivity index (χ0) is 11.6. The van der Waals surface area contributed by atoms with Crippen LogP contribution in [-0.4, -0.2) is 24.0 Å². The average molecular weight is 221 g/mol. The molecule has 0 unspecified atom stereocenters. The van der Waals surface area contributed by atoms with Crippen molar-refractivity contribution in [2.24, 2.45) is 0 Å². The molecule has 1 aliphatic rings. The van der Waals surface area contributed by atoms with E-state index in [0.29, 0.717) is 13.2 Å². The van der Waals surface area contributed by atoms with Crippen LogP contribution in [0.3, 0.4) is 0 Å². The monoisotopic (exact) mass is 221 g/mol. The summed E-state index contributed by atoms with van der Waals surface area (Å²) in [5, 5.41) is 0. The predicted octanol–water partition coefficient (Wildman–Crippen LogP) is 2.51. The number of hydrogen-bond donors (Lipinski definition) is 0. The molecule has 0 atom stereocenters. The first-order valence-electron chi connectivity index (χ1n) is 5.77. The summed E-state index contributed by atoms with van der Waals surface area (Å²) in [6.45, 7) is 7.40. The maximum Gasteiger partial charge on any atom is 0.162 e. The smallest absolute Gasteiger partial charge is 0.162 e. The van der Waals surface area contributed by atoms with Crippen molar-refractivity contribution < 1.29 is 9.47 Å². The van der Waals surface area contributed by atoms with Crippen LogP contribution in [0.25, 0.3) is 0 Å². The van der Waals surface area contributed by atoms with Crippen molar-refractivity contribution in [1.29, 1.82) is 0 Å². The van der Waals surface area contributed by atoms with Gasteiger partial charge in [-0.25, -0.2) is 0 Å². The first-order valence-corrected chi connectivity index (χ1v) is 5.77. The Kier molecular flexibility index (Phi) is 3.00. The van der Waals surface area contributed by atoms with E-state index < -0.39 is 5.79 Å². The molecule has 2 rings (SSSR count). The van der Waals surface area contributed by atoms with Crippen LogP contribution in [0.1, 0.15) is 32.9 Å². The number of ether oxygens (including phenoxy) is 2. The SMILES string of the molecule is CCC1(c2ccccn2)COC(C)(C)OC1. The number of nitrogens with zero attached hydrogens (tertiary/aromatic N) is 1. The minimum atomic E-state index is -0.465. The Morgan fingerprint density at radius 2 is 1.94 bits per heavy atom. The second-order valence-corrected chi connectivity index (χ2v) is 4.83. The lowest BCUT2D eigenvalue weighted by atomic mass is 9.82. The Labute approximate surface area is 96.8 Å². The van der Waals surface area contributed by atoms with Crippen molar-refractivity contribution in [2.75, 3.05) is 13.2 Å². The second kappa shape index (κ2) is 4.15. The molecule has 0 spiro atoms. The largest absolute Gasteiger partial charge is 0.349 e. The van der Waals surface area contributed by atoms with Crippen LogP contribution < -0.4 is 0 Å². The summed E-state index contributed by atoms with van der Waals surface area (Å²) in [6.07, 6.45) is 2.80. The van der Waals surface area contributed by atoms with Gasteiger partial charge in [-0.15, -0.1) is 0 Å². The molecular weight excluding hydrogens is 202 g/mol. The van der Waals surface area contributed by atoms with E-state index in [-0.39, 0.29) is 5.41 Å². The molecule has 0 aliphatic carbocycles. The third-order valence-corrected chi connectivity index (χ3v) is 3.28. The van der Waals surface area contributed by atoms with Crippen LogP contribution in [-0.2, 0) is 14.9 Å². The van der Waals surface area contributed by atoms with E-state index >= 15 is 0 Å². The molecular formula is C13H19NO2. The van der Waals surface area contributed by atoms with E-state index in [1.807, 2.05) is 32.2 Å². The predicted molar refractivity (Wildman–Crippen MR) is 62.2 cm³/mol. The topological polar surface area (TPSA) is 31.4 Å². The third kappa shape index (κ3) is 2.11. The second-order valence-electron chi connectivity index (χ2n) is 4.83. The zero-order valence-electron chi connectivity index (χ0n) is 10.2. The maximum atomic E-state index is 5.76. The summed E-state index contributed by atoms with van der Waals surface area (Å²) < 4.78 is 11.5. The molecule has 0 aromatic carbocycles. The fraction of sp³-hybridized carbons (Fsp3) is 0.615. The Morgan fingerprint density at radius 3 is 2.44 bits per heavy atom. The van der Waals surface area contributed by atoms with Gasteiger partial charge in [0.2, 0.25) is 0 Å². The van der Waals surface area contributed by atoms with Crippen LogP contribution in [0.2, 0.25) is 0 Å². The first kappa shape index (κ1) is 11.6. The van der Waals surface area contributed by atoms with Gasteiger partial charge in [-0.3, -0.25) is 4.98 Å². The van der Waals surface area contributed by atoms with Gasteiger partial charge in [-0.2, -0.15) is 0 Å². The van der Waals surface area contributed by atoms with Gasteiger partial charge in [0.15, 0.2) is 5.79 Å². The van der Waals surface area contributed by atoms with E-state index in [4.69, 9.17) is 9.47 Å². The van der Waals surface area contributed by atoms with Crippen molar-refractivity contribution in [2.45, 2.75) is 38.4 Å². The summed E-state index contributed by atoms with van der Waals surface area (Å²) in [6, 6.07) is 6.00. The van der Waals surface area contributed by atoms with E-state index in [1.54, 1.807) is 0 Å². The molecule has 1 aromatic heterocycles. The Balaban J connectivity index is 2.23. The first-order chi connectivity index (χ1) is 7.58. The van der Waals surface area contributed by atoms with Crippen molar-refractivity contribution in [3.8, 4) is 0 Å². The van der Waals surface area contributed by atoms with Crippen LogP contribution in [0.15, 0.2) is 24.4 Å². The molecule has 1 aromatic rings. The van der Waals surface area contributed by atoms with Crippen molar-refractivity contribution in [3.63, 3.8) is 0 Å². The molecule has 0 radical (unpaired) electrons. The van der Waals surface area contributed by atoms with Gasteiger partial charge in [0.1, 0.15) is 0 Å². The lowest BCUT2D eigenvalue weighted by Crippen LogP contribution is -2.49.